The van der Waals surface area contributed by atoms with Crippen LogP contribution in [0.5, 0.6) is 0 Å². The molecule has 0 aliphatic carbocycles. The molecule has 0 bridgehead atoms. The molecular weight excluding hydrogens is 306 g/mol. The molecule has 1 aromatic rings. The molecule has 1 aliphatic heterocycles. The van der Waals surface area contributed by atoms with Crippen LogP contribution >= 0.6 is 15.9 Å². The van der Waals surface area contributed by atoms with E-state index in [-0.39, 0.29) is 12.1 Å². The lowest BCUT2D eigenvalue weighted by molar-refractivity contribution is 0.0581. The van der Waals surface area contributed by atoms with Crippen molar-refractivity contribution in [1.82, 2.24) is 15.1 Å². The van der Waals surface area contributed by atoms with Crippen molar-refractivity contribution in [2.75, 3.05) is 13.2 Å². The van der Waals surface area contributed by atoms with E-state index in [4.69, 9.17) is 4.74 Å². The van der Waals surface area contributed by atoms with Crippen LogP contribution in [0.3, 0.4) is 0 Å². The third-order valence-electron chi connectivity index (χ3n) is 3.76. The van der Waals surface area contributed by atoms with Crippen molar-refractivity contribution in [2.45, 2.75) is 52.3 Å². The minimum Gasteiger partial charge on any atom is -0.376 e. The summed E-state index contributed by atoms with van der Waals surface area (Å²) in [6.07, 6.45) is 4.37. The lowest BCUT2D eigenvalue weighted by Crippen LogP contribution is -2.36. The van der Waals surface area contributed by atoms with Gasteiger partial charge in [0.15, 0.2) is 0 Å². The van der Waals surface area contributed by atoms with Crippen LogP contribution in [0.15, 0.2) is 10.7 Å². The minimum atomic E-state index is 0.214. The first kappa shape index (κ1) is 15.0. The molecule has 0 aromatic carbocycles. The summed E-state index contributed by atoms with van der Waals surface area (Å²) in [5.41, 5.74) is 1.22. The number of aromatic nitrogens is 2. The van der Waals surface area contributed by atoms with Crippen LogP contribution in [0.4, 0.5) is 0 Å². The highest BCUT2D eigenvalue weighted by Gasteiger charge is 2.35. The van der Waals surface area contributed by atoms with Gasteiger partial charge >= 0.3 is 0 Å². The number of rotatable bonds is 6. The Labute approximate surface area is 124 Å². The van der Waals surface area contributed by atoms with E-state index in [1.54, 1.807) is 0 Å². The molecule has 19 heavy (non-hydrogen) atoms. The van der Waals surface area contributed by atoms with E-state index in [1.165, 1.54) is 5.69 Å². The van der Waals surface area contributed by atoms with Crippen molar-refractivity contribution in [3.63, 3.8) is 0 Å². The monoisotopic (exact) mass is 329 g/mol. The average Bonchev–Trinajstić information content (AvgIpc) is 2.95. The van der Waals surface area contributed by atoms with Crippen molar-refractivity contribution in [3.05, 3.63) is 16.4 Å². The number of nitrogens with one attached hydrogen (secondary N) is 1. The zero-order chi connectivity index (χ0) is 13.8. The largest absolute Gasteiger partial charge is 0.376 e. The maximum absolute atomic E-state index is 5.97. The Morgan fingerprint density at radius 3 is 2.95 bits per heavy atom. The number of halogens is 1. The first-order valence-corrected chi connectivity index (χ1v) is 8.04. The van der Waals surface area contributed by atoms with E-state index < -0.39 is 0 Å². The van der Waals surface area contributed by atoms with E-state index in [0.717, 1.165) is 37.0 Å². The van der Waals surface area contributed by atoms with Crippen LogP contribution < -0.4 is 5.32 Å². The van der Waals surface area contributed by atoms with Crippen LogP contribution in [0.1, 0.15) is 45.3 Å². The topological polar surface area (TPSA) is 39.1 Å². The van der Waals surface area contributed by atoms with E-state index in [0.29, 0.717) is 5.92 Å². The second-order valence-corrected chi connectivity index (χ2v) is 6.09. The molecule has 108 valence electrons. The van der Waals surface area contributed by atoms with Gasteiger partial charge in [-0.2, -0.15) is 5.10 Å². The molecular formula is C14H24BrN3O. The van der Waals surface area contributed by atoms with Crippen LogP contribution in [0, 0.1) is 5.92 Å². The van der Waals surface area contributed by atoms with Crippen molar-refractivity contribution < 1.29 is 4.74 Å². The van der Waals surface area contributed by atoms with E-state index in [2.05, 4.69) is 51.8 Å². The summed E-state index contributed by atoms with van der Waals surface area (Å²) >= 11 is 3.65. The Kier molecular flexibility index (Phi) is 5.42. The zero-order valence-corrected chi connectivity index (χ0v) is 13.6. The highest BCUT2D eigenvalue weighted by molar-refractivity contribution is 9.10. The molecule has 1 aliphatic rings. The van der Waals surface area contributed by atoms with Crippen molar-refractivity contribution in [2.24, 2.45) is 5.92 Å². The van der Waals surface area contributed by atoms with Crippen molar-refractivity contribution >= 4 is 15.9 Å². The molecule has 1 fully saturated rings. The number of likely N-dealkylation sites (N-methyl/N-ethyl adjacent to an activating group) is 1. The minimum absolute atomic E-state index is 0.214. The zero-order valence-electron chi connectivity index (χ0n) is 12.0. The maximum atomic E-state index is 5.97. The molecule has 5 heteroatoms. The standard InChI is InChI=1S/C14H24BrN3O/c1-4-7-18-13(11(15)9-17-18)12(16-5-2)14-10(3)6-8-19-14/h9-10,12,14,16H,4-8H2,1-3H3. The molecule has 0 radical (unpaired) electrons. The van der Waals surface area contributed by atoms with Gasteiger partial charge in [0.2, 0.25) is 0 Å². The van der Waals surface area contributed by atoms with E-state index >= 15 is 0 Å². The van der Waals surface area contributed by atoms with Gasteiger partial charge < -0.3 is 10.1 Å². The molecule has 1 saturated heterocycles. The SMILES string of the molecule is CCCn1ncc(Br)c1C(NCC)C1OCCC1C. The lowest BCUT2D eigenvalue weighted by atomic mass is 9.95. The summed E-state index contributed by atoms with van der Waals surface area (Å²) in [4.78, 5) is 0. The summed E-state index contributed by atoms with van der Waals surface area (Å²) < 4.78 is 9.15. The Hall–Kier alpha value is -0.390. The second kappa shape index (κ2) is 6.86. The summed E-state index contributed by atoms with van der Waals surface area (Å²) in [6, 6.07) is 0.214. The highest BCUT2D eigenvalue weighted by Crippen LogP contribution is 2.34. The van der Waals surface area contributed by atoms with Gasteiger partial charge in [0.05, 0.1) is 28.5 Å². The lowest BCUT2D eigenvalue weighted by Gasteiger charge is -2.28. The predicted molar refractivity (Wildman–Crippen MR) is 80.2 cm³/mol. The third-order valence-corrected chi connectivity index (χ3v) is 4.37. The Morgan fingerprint density at radius 2 is 2.37 bits per heavy atom. The van der Waals surface area contributed by atoms with Gasteiger partial charge in [-0.25, -0.2) is 0 Å². The fraction of sp³-hybridized carbons (Fsp3) is 0.786. The second-order valence-electron chi connectivity index (χ2n) is 5.24. The molecule has 3 atom stereocenters. The van der Waals surface area contributed by atoms with Crippen LogP contribution in [0.2, 0.25) is 0 Å². The molecule has 1 N–H and O–H groups in total. The van der Waals surface area contributed by atoms with Gasteiger partial charge in [-0.15, -0.1) is 0 Å². The summed E-state index contributed by atoms with van der Waals surface area (Å²) in [5.74, 6) is 0.584. The smallest absolute Gasteiger partial charge is 0.0811 e. The summed E-state index contributed by atoms with van der Waals surface area (Å²) in [6.45, 7) is 9.34. The number of nitrogens with zero attached hydrogens (tertiary/aromatic N) is 2. The van der Waals surface area contributed by atoms with Gasteiger partial charge in [0.25, 0.3) is 0 Å². The van der Waals surface area contributed by atoms with Gasteiger partial charge in [0.1, 0.15) is 0 Å². The fourth-order valence-electron chi connectivity index (χ4n) is 2.80. The average molecular weight is 330 g/mol. The number of hydrogen-bond donors (Lipinski definition) is 1. The summed E-state index contributed by atoms with van der Waals surface area (Å²) in [5, 5.41) is 8.06. The molecule has 3 unspecified atom stereocenters. The molecule has 4 nitrogen and oxygen atoms in total. The van der Waals surface area contributed by atoms with Gasteiger partial charge in [-0.3, -0.25) is 4.68 Å². The molecule has 0 saturated carbocycles. The normalized spacial score (nSPS) is 24.8. The first-order chi connectivity index (χ1) is 9.19. The van der Waals surface area contributed by atoms with Crippen molar-refractivity contribution in [1.29, 1.82) is 0 Å². The molecule has 0 spiro atoms. The van der Waals surface area contributed by atoms with Crippen molar-refractivity contribution in [3.8, 4) is 0 Å². The Balaban J connectivity index is 2.30. The first-order valence-electron chi connectivity index (χ1n) is 7.25. The predicted octanol–water partition coefficient (Wildman–Crippen LogP) is 3.13. The van der Waals surface area contributed by atoms with Gasteiger partial charge in [-0.1, -0.05) is 20.8 Å². The molecule has 2 heterocycles. The van der Waals surface area contributed by atoms with Gasteiger partial charge in [-0.05, 0) is 41.2 Å². The van der Waals surface area contributed by atoms with E-state index in [1.807, 2.05) is 6.20 Å². The van der Waals surface area contributed by atoms with Crippen LogP contribution in [-0.4, -0.2) is 29.0 Å². The quantitative estimate of drug-likeness (QED) is 0.871. The number of aryl methyl sites for hydroxylation is 1. The molecule has 2 rings (SSSR count). The Bertz CT molecular complexity index is 407. The number of ether oxygens (including phenoxy) is 1. The fourth-order valence-corrected chi connectivity index (χ4v) is 3.35. The van der Waals surface area contributed by atoms with Crippen LogP contribution in [-0.2, 0) is 11.3 Å². The molecule has 0 amide bonds. The van der Waals surface area contributed by atoms with E-state index in [9.17, 15) is 0 Å². The molecule has 1 aromatic heterocycles. The summed E-state index contributed by atoms with van der Waals surface area (Å²) in [7, 11) is 0. The van der Waals surface area contributed by atoms with Crippen LogP contribution in [0.25, 0.3) is 0 Å². The highest BCUT2D eigenvalue weighted by atomic mass is 79.9. The number of hydrogen-bond acceptors (Lipinski definition) is 3. The Morgan fingerprint density at radius 1 is 1.58 bits per heavy atom. The maximum Gasteiger partial charge on any atom is 0.0811 e. The van der Waals surface area contributed by atoms with Gasteiger partial charge in [0, 0.05) is 13.2 Å². The third kappa shape index (κ3) is 3.20.